The number of para-hydroxylation sites is 1. The highest BCUT2D eigenvalue weighted by Crippen LogP contribution is 2.23. The second-order valence-electron chi connectivity index (χ2n) is 7.38. The number of hydrogen-bond donors (Lipinski definition) is 2. The number of carbonyl (C=O) groups excluding carboxylic acids is 2. The van der Waals surface area contributed by atoms with E-state index in [0.29, 0.717) is 15.9 Å². The molecule has 2 aromatic heterocycles. The molecule has 0 unspecified atom stereocenters. The Kier molecular flexibility index (Phi) is 7.21. The van der Waals surface area contributed by atoms with Gasteiger partial charge in [0.05, 0.1) is 17.2 Å². The molecule has 0 spiro atoms. The summed E-state index contributed by atoms with van der Waals surface area (Å²) < 4.78 is 1.87. The number of carbonyl (C=O) groups is 2. The van der Waals surface area contributed by atoms with E-state index < -0.39 is 0 Å². The summed E-state index contributed by atoms with van der Waals surface area (Å²) in [6.07, 6.45) is 0. The second-order valence-corrected chi connectivity index (χ2v) is 9.28. The van der Waals surface area contributed by atoms with Crippen LogP contribution in [0.15, 0.2) is 71.2 Å². The SMILES string of the molecule is Cc1ccc(C)c(NC(=O)CSc2nnc(CNC(=O)c3cccs3)n2-c2ccccc2)c1. The largest absolute Gasteiger partial charge is 0.344 e. The highest BCUT2D eigenvalue weighted by atomic mass is 32.2. The minimum absolute atomic E-state index is 0.121. The molecule has 2 amide bonds. The van der Waals surface area contributed by atoms with Crippen molar-refractivity contribution in [1.29, 1.82) is 0 Å². The van der Waals surface area contributed by atoms with Crippen LogP contribution in [0.25, 0.3) is 5.69 Å². The van der Waals surface area contributed by atoms with E-state index in [9.17, 15) is 9.59 Å². The van der Waals surface area contributed by atoms with E-state index in [1.165, 1.54) is 23.1 Å². The maximum absolute atomic E-state index is 12.6. The fraction of sp³-hybridized carbons (Fsp3) is 0.167. The van der Waals surface area contributed by atoms with Crippen LogP contribution >= 0.6 is 23.1 Å². The van der Waals surface area contributed by atoms with Gasteiger partial charge in [-0.15, -0.1) is 21.5 Å². The zero-order valence-corrected chi connectivity index (χ0v) is 19.9. The number of amides is 2. The van der Waals surface area contributed by atoms with Gasteiger partial charge in [-0.1, -0.05) is 48.2 Å². The van der Waals surface area contributed by atoms with Crippen molar-refractivity contribution in [2.45, 2.75) is 25.5 Å². The topological polar surface area (TPSA) is 88.9 Å². The summed E-state index contributed by atoms with van der Waals surface area (Å²) in [7, 11) is 0. The third kappa shape index (κ3) is 5.68. The number of thioether (sulfide) groups is 1. The Labute approximate surface area is 200 Å². The number of anilines is 1. The van der Waals surface area contributed by atoms with Gasteiger partial charge in [0.2, 0.25) is 5.91 Å². The first kappa shape index (κ1) is 22.8. The van der Waals surface area contributed by atoms with Crippen molar-refractivity contribution in [2.24, 2.45) is 0 Å². The molecule has 2 aromatic carbocycles. The molecule has 2 N–H and O–H groups in total. The summed E-state index contributed by atoms with van der Waals surface area (Å²) in [5.41, 5.74) is 3.76. The molecule has 0 bridgehead atoms. The van der Waals surface area contributed by atoms with Crippen molar-refractivity contribution in [2.75, 3.05) is 11.1 Å². The first-order valence-electron chi connectivity index (χ1n) is 10.3. The van der Waals surface area contributed by atoms with E-state index in [1.54, 1.807) is 6.07 Å². The lowest BCUT2D eigenvalue weighted by molar-refractivity contribution is -0.113. The molecular formula is C24H23N5O2S2. The van der Waals surface area contributed by atoms with Crippen molar-refractivity contribution >= 4 is 40.6 Å². The quantitative estimate of drug-likeness (QED) is 0.362. The van der Waals surface area contributed by atoms with Gasteiger partial charge in [0.1, 0.15) is 0 Å². The van der Waals surface area contributed by atoms with Gasteiger partial charge in [-0.25, -0.2) is 0 Å². The molecule has 0 saturated heterocycles. The van der Waals surface area contributed by atoms with Crippen LogP contribution in [0.4, 0.5) is 5.69 Å². The van der Waals surface area contributed by atoms with E-state index in [2.05, 4.69) is 20.8 Å². The average molecular weight is 478 g/mol. The Hall–Kier alpha value is -3.43. The third-order valence-electron chi connectivity index (χ3n) is 4.87. The molecule has 0 aliphatic heterocycles. The molecule has 4 aromatic rings. The van der Waals surface area contributed by atoms with Crippen LogP contribution in [0.2, 0.25) is 0 Å². The molecule has 7 nitrogen and oxygen atoms in total. The Bertz CT molecular complexity index is 1250. The molecule has 33 heavy (non-hydrogen) atoms. The molecule has 9 heteroatoms. The van der Waals surface area contributed by atoms with E-state index in [4.69, 9.17) is 0 Å². The van der Waals surface area contributed by atoms with Crippen molar-refractivity contribution in [3.8, 4) is 5.69 Å². The first-order valence-corrected chi connectivity index (χ1v) is 12.2. The third-order valence-corrected chi connectivity index (χ3v) is 6.66. The number of thiophene rings is 1. The molecule has 0 aliphatic carbocycles. The maximum atomic E-state index is 12.6. The van der Waals surface area contributed by atoms with Gasteiger partial charge in [0.25, 0.3) is 5.91 Å². The van der Waals surface area contributed by atoms with Crippen LogP contribution < -0.4 is 10.6 Å². The lowest BCUT2D eigenvalue weighted by atomic mass is 10.1. The van der Waals surface area contributed by atoms with Crippen molar-refractivity contribution in [1.82, 2.24) is 20.1 Å². The first-order chi connectivity index (χ1) is 16.0. The van der Waals surface area contributed by atoms with Crippen molar-refractivity contribution < 1.29 is 9.59 Å². The van der Waals surface area contributed by atoms with Gasteiger partial charge in [-0.2, -0.15) is 0 Å². The van der Waals surface area contributed by atoms with Gasteiger partial charge in [0, 0.05) is 11.4 Å². The highest BCUT2D eigenvalue weighted by Gasteiger charge is 2.17. The minimum Gasteiger partial charge on any atom is -0.344 e. The summed E-state index contributed by atoms with van der Waals surface area (Å²) in [5.74, 6) is 0.488. The molecule has 0 atom stereocenters. The summed E-state index contributed by atoms with van der Waals surface area (Å²) >= 11 is 2.68. The maximum Gasteiger partial charge on any atom is 0.261 e. The Balaban J connectivity index is 1.48. The summed E-state index contributed by atoms with van der Waals surface area (Å²) in [5, 5.41) is 16.9. The standard InChI is InChI=1S/C24H23N5O2S2/c1-16-10-11-17(2)19(13-16)26-22(30)15-33-24-28-27-21(29(24)18-7-4-3-5-8-18)14-25-23(31)20-9-6-12-32-20/h3-13H,14-15H2,1-2H3,(H,25,31)(H,26,30). The predicted octanol–water partition coefficient (Wildman–Crippen LogP) is 4.61. The Morgan fingerprint density at radius 2 is 1.85 bits per heavy atom. The van der Waals surface area contributed by atoms with E-state index in [0.717, 1.165) is 22.5 Å². The van der Waals surface area contributed by atoms with Gasteiger partial charge < -0.3 is 10.6 Å². The normalized spacial score (nSPS) is 10.7. The van der Waals surface area contributed by atoms with Crippen LogP contribution in [0.1, 0.15) is 26.6 Å². The average Bonchev–Trinajstić information content (AvgIpc) is 3.49. The number of rotatable bonds is 8. The van der Waals surface area contributed by atoms with E-state index in [-0.39, 0.29) is 24.1 Å². The molecule has 0 aliphatic rings. The summed E-state index contributed by atoms with van der Waals surface area (Å²) in [6.45, 7) is 4.17. The van der Waals surface area contributed by atoms with Crippen LogP contribution in [0.5, 0.6) is 0 Å². The second kappa shape index (κ2) is 10.5. The number of nitrogens with one attached hydrogen (secondary N) is 2. The predicted molar refractivity (Wildman–Crippen MR) is 132 cm³/mol. The summed E-state index contributed by atoms with van der Waals surface area (Å²) in [4.78, 5) is 25.6. The van der Waals surface area contributed by atoms with Crippen LogP contribution in [0, 0.1) is 13.8 Å². The summed E-state index contributed by atoms with van der Waals surface area (Å²) in [6, 6.07) is 19.2. The molecule has 2 heterocycles. The van der Waals surface area contributed by atoms with E-state index >= 15 is 0 Å². The number of hydrogen-bond acceptors (Lipinski definition) is 6. The highest BCUT2D eigenvalue weighted by molar-refractivity contribution is 7.99. The zero-order valence-electron chi connectivity index (χ0n) is 18.2. The van der Waals surface area contributed by atoms with Gasteiger partial charge >= 0.3 is 0 Å². The fourth-order valence-corrected chi connectivity index (χ4v) is 4.60. The monoisotopic (exact) mass is 477 g/mol. The number of nitrogens with zero attached hydrogens (tertiary/aromatic N) is 3. The zero-order chi connectivity index (χ0) is 23.2. The van der Waals surface area contributed by atoms with E-state index in [1.807, 2.05) is 78.4 Å². The number of aromatic nitrogens is 3. The van der Waals surface area contributed by atoms with Gasteiger partial charge in [-0.3, -0.25) is 14.2 Å². The van der Waals surface area contributed by atoms with Gasteiger partial charge in [-0.05, 0) is 54.6 Å². The molecule has 4 rings (SSSR count). The minimum atomic E-state index is -0.158. The number of benzene rings is 2. The molecule has 0 saturated carbocycles. The van der Waals surface area contributed by atoms with Crippen molar-refractivity contribution in [3.63, 3.8) is 0 Å². The number of aryl methyl sites for hydroxylation is 2. The molecule has 0 fully saturated rings. The smallest absolute Gasteiger partial charge is 0.261 e. The van der Waals surface area contributed by atoms with Crippen LogP contribution in [-0.2, 0) is 11.3 Å². The Morgan fingerprint density at radius 3 is 2.61 bits per heavy atom. The lowest BCUT2D eigenvalue weighted by Gasteiger charge is -2.11. The van der Waals surface area contributed by atoms with Gasteiger partial charge in [0.15, 0.2) is 11.0 Å². The molecule has 168 valence electrons. The fourth-order valence-electron chi connectivity index (χ4n) is 3.19. The van der Waals surface area contributed by atoms with Crippen LogP contribution in [0.3, 0.4) is 0 Å². The lowest BCUT2D eigenvalue weighted by Crippen LogP contribution is -2.24. The Morgan fingerprint density at radius 1 is 1.03 bits per heavy atom. The molecule has 0 radical (unpaired) electrons. The van der Waals surface area contributed by atoms with Crippen molar-refractivity contribution in [3.05, 3.63) is 87.9 Å². The van der Waals surface area contributed by atoms with Crippen LogP contribution in [-0.4, -0.2) is 32.3 Å². The molecular weight excluding hydrogens is 454 g/mol.